The Bertz CT molecular complexity index is 273. The lowest BCUT2D eigenvalue weighted by molar-refractivity contribution is 0.103. The van der Waals surface area contributed by atoms with Crippen LogP contribution in [0.15, 0.2) is 31.0 Å². The first kappa shape index (κ1) is 7.79. The normalized spacial score (nSPS) is 9.55. The number of hydrogen-bond acceptors (Lipinski definition) is 1. The Morgan fingerprint density at radius 2 is 2.55 bits per heavy atom. The molecule has 1 aromatic rings. The molecule has 0 bridgehead atoms. The maximum atomic E-state index is 11.1. The number of hydrogen-bond donors (Lipinski definition) is 0. The highest BCUT2D eigenvalue weighted by molar-refractivity contribution is 6.02. The third-order valence-corrected chi connectivity index (χ3v) is 1.61. The molecule has 0 saturated heterocycles. The summed E-state index contributed by atoms with van der Waals surface area (Å²) in [5.74, 6) is -0.0168. The van der Waals surface area contributed by atoms with Crippen LogP contribution < -0.4 is 0 Å². The number of ketones is 1. The first-order valence-corrected chi connectivity index (χ1v) is 3.61. The van der Waals surface area contributed by atoms with Gasteiger partial charge >= 0.3 is 0 Å². The van der Waals surface area contributed by atoms with E-state index in [4.69, 9.17) is 0 Å². The number of carbonyl (C=O) groups is 1. The third kappa shape index (κ3) is 1.40. The minimum atomic E-state index is -0.0168. The van der Waals surface area contributed by atoms with Gasteiger partial charge in [0.2, 0.25) is 5.78 Å². The van der Waals surface area contributed by atoms with Crippen LogP contribution in [0.1, 0.15) is 17.4 Å². The molecule has 1 rings (SSSR count). The fraction of sp³-hybridized carbons (Fsp3) is 0.222. The predicted molar refractivity (Wildman–Crippen MR) is 44.6 cm³/mol. The molecule has 0 unspecified atom stereocenters. The molecule has 0 aliphatic rings. The van der Waals surface area contributed by atoms with Gasteiger partial charge in [0.25, 0.3) is 0 Å². The van der Waals surface area contributed by atoms with Crippen LogP contribution in [-0.4, -0.2) is 10.4 Å². The second-order valence-corrected chi connectivity index (χ2v) is 2.25. The smallest absolute Gasteiger partial charge is 0.201 e. The Morgan fingerprint density at radius 1 is 1.82 bits per heavy atom. The summed E-state index contributed by atoms with van der Waals surface area (Å²) < 4.78 is 1.89. The molecule has 0 aliphatic carbocycles. The zero-order chi connectivity index (χ0) is 8.27. The van der Waals surface area contributed by atoms with E-state index in [1.165, 1.54) is 6.08 Å². The van der Waals surface area contributed by atoms with Crippen molar-refractivity contribution in [3.05, 3.63) is 36.7 Å². The van der Waals surface area contributed by atoms with Gasteiger partial charge in [-0.1, -0.05) is 6.58 Å². The average molecular weight is 149 g/mol. The highest BCUT2D eigenvalue weighted by Crippen LogP contribution is 2.03. The molecular weight excluding hydrogens is 138 g/mol. The maximum Gasteiger partial charge on any atom is 0.201 e. The Hall–Kier alpha value is -1.31. The van der Waals surface area contributed by atoms with Crippen LogP contribution in [-0.2, 0) is 6.54 Å². The van der Waals surface area contributed by atoms with Crippen molar-refractivity contribution in [3.8, 4) is 0 Å². The SMILES string of the molecule is C=CC(=O)c1cccn1CC. The van der Waals surface area contributed by atoms with Gasteiger partial charge in [-0.05, 0) is 25.1 Å². The molecule has 0 amide bonds. The quantitative estimate of drug-likeness (QED) is 0.475. The number of allylic oxidation sites excluding steroid dienone is 1. The van der Waals surface area contributed by atoms with Gasteiger partial charge in [-0.15, -0.1) is 0 Å². The zero-order valence-corrected chi connectivity index (χ0v) is 6.58. The molecule has 2 heteroatoms. The van der Waals surface area contributed by atoms with Crippen LogP contribution >= 0.6 is 0 Å². The molecular formula is C9H11NO. The van der Waals surface area contributed by atoms with Crippen LogP contribution in [0, 0.1) is 0 Å². The zero-order valence-electron chi connectivity index (χ0n) is 6.58. The van der Waals surface area contributed by atoms with Gasteiger partial charge in [-0.2, -0.15) is 0 Å². The average Bonchev–Trinajstić information content (AvgIpc) is 2.50. The first-order chi connectivity index (χ1) is 5.29. The molecule has 0 N–H and O–H groups in total. The molecule has 0 atom stereocenters. The standard InChI is InChI=1S/C9H11NO/c1-3-9(11)8-6-5-7-10(8)4-2/h3,5-7H,1,4H2,2H3. The second-order valence-electron chi connectivity index (χ2n) is 2.25. The van der Waals surface area contributed by atoms with E-state index in [9.17, 15) is 4.79 Å². The van der Waals surface area contributed by atoms with E-state index in [1.807, 2.05) is 23.8 Å². The summed E-state index contributed by atoms with van der Waals surface area (Å²) in [5.41, 5.74) is 0.711. The second kappa shape index (κ2) is 3.19. The topological polar surface area (TPSA) is 22.0 Å². The van der Waals surface area contributed by atoms with E-state index < -0.39 is 0 Å². The number of aryl methyl sites for hydroxylation is 1. The van der Waals surface area contributed by atoms with Crippen molar-refractivity contribution in [3.63, 3.8) is 0 Å². The van der Waals surface area contributed by atoms with Crippen LogP contribution in [0.2, 0.25) is 0 Å². The van der Waals surface area contributed by atoms with E-state index >= 15 is 0 Å². The molecule has 11 heavy (non-hydrogen) atoms. The summed E-state index contributed by atoms with van der Waals surface area (Å²) in [6.07, 6.45) is 3.22. The van der Waals surface area contributed by atoms with Crippen molar-refractivity contribution in [1.82, 2.24) is 4.57 Å². The monoisotopic (exact) mass is 149 g/mol. The molecule has 0 radical (unpaired) electrons. The Kier molecular flexibility index (Phi) is 2.26. The van der Waals surface area contributed by atoms with E-state index in [2.05, 4.69) is 6.58 Å². The summed E-state index contributed by atoms with van der Waals surface area (Å²) in [6.45, 7) is 6.25. The highest BCUT2D eigenvalue weighted by Gasteiger charge is 2.04. The number of aromatic nitrogens is 1. The lowest BCUT2D eigenvalue weighted by Gasteiger charge is -2.00. The van der Waals surface area contributed by atoms with Crippen LogP contribution in [0.4, 0.5) is 0 Å². The fourth-order valence-corrected chi connectivity index (χ4v) is 1.02. The number of rotatable bonds is 3. The summed E-state index contributed by atoms with van der Waals surface area (Å²) in [6, 6.07) is 3.66. The predicted octanol–water partition coefficient (Wildman–Crippen LogP) is 1.88. The third-order valence-electron chi connectivity index (χ3n) is 1.61. The fourth-order valence-electron chi connectivity index (χ4n) is 1.02. The minimum Gasteiger partial charge on any atom is -0.345 e. The van der Waals surface area contributed by atoms with Crippen LogP contribution in [0.25, 0.3) is 0 Å². The van der Waals surface area contributed by atoms with Crippen molar-refractivity contribution in [1.29, 1.82) is 0 Å². The molecule has 0 spiro atoms. The van der Waals surface area contributed by atoms with E-state index in [-0.39, 0.29) is 5.78 Å². The van der Waals surface area contributed by atoms with Crippen molar-refractivity contribution in [2.24, 2.45) is 0 Å². The van der Waals surface area contributed by atoms with Gasteiger partial charge in [-0.3, -0.25) is 4.79 Å². The summed E-state index contributed by atoms with van der Waals surface area (Å²) in [4.78, 5) is 11.1. The molecule has 58 valence electrons. The van der Waals surface area contributed by atoms with Gasteiger partial charge < -0.3 is 4.57 Å². The maximum absolute atomic E-state index is 11.1. The van der Waals surface area contributed by atoms with E-state index in [0.29, 0.717) is 5.69 Å². The van der Waals surface area contributed by atoms with Gasteiger partial charge in [0.15, 0.2) is 0 Å². The number of nitrogens with zero attached hydrogens (tertiary/aromatic N) is 1. The summed E-state index contributed by atoms with van der Waals surface area (Å²) in [5, 5.41) is 0. The lowest BCUT2D eigenvalue weighted by atomic mass is 10.3. The highest BCUT2D eigenvalue weighted by atomic mass is 16.1. The van der Waals surface area contributed by atoms with Gasteiger partial charge in [0.1, 0.15) is 0 Å². The molecule has 0 fully saturated rings. The van der Waals surface area contributed by atoms with E-state index in [1.54, 1.807) is 6.07 Å². The van der Waals surface area contributed by atoms with Gasteiger partial charge in [0.05, 0.1) is 5.69 Å². The molecule has 1 heterocycles. The number of carbonyl (C=O) groups excluding carboxylic acids is 1. The minimum absolute atomic E-state index is 0.0168. The summed E-state index contributed by atoms with van der Waals surface area (Å²) in [7, 11) is 0. The molecule has 0 aromatic carbocycles. The van der Waals surface area contributed by atoms with Crippen molar-refractivity contribution in [2.75, 3.05) is 0 Å². The molecule has 1 aromatic heterocycles. The van der Waals surface area contributed by atoms with Gasteiger partial charge in [0, 0.05) is 12.7 Å². The Labute approximate surface area is 66.1 Å². The lowest BCUT2D eigenvalue weighted by Crippen LogP contribution is -2.04. The van der Waals surface area contributed by atoms with Gasteiger partial charge in [-0.25, -0.2) is 0 Å². The largest absolute Gasteiger partial charge is 0.345 e. The van der Waals surface area contributed by atoms with E-state index in [0.717, 1.165) is 6.54 Å². The Balaban J connectivity index is 3.01. The van der Waals surface area contributed by atoms with Crippen molar-refractivity contribution >= 4 is 5.78 Å². The molecule has 0 saturated carbocycles. The summed E-state index contributed by atoms with van der Waals surface area (Å²) >= 11 is 0. The van der Waals surface area contributed by atoms with Crippen molar-refractivity contribution < 1.29 is 4.79 Å². The van der Waals surface area contributed by atoms with Crippen molar-refractivity contribution in [2.45, 2.75) is 13.5 Å². The molecule has 0 aliphatic heterocycles. The Morgan fingerprint density at radius 3 is 3.09 bits per heavy atom. The molecule has 2 nitrogen and oxygen atoms in total. The first-order valence-electron chi connectivity index (χ1n) is 3.61. The van der Waals surface area contributed by atoms with Crippen LogP contribution in [0.3, 0.4) is 0 Å². The van der Waals surface area contributed by atoms with Crippen LogP contribution in [0.5, 0.6) is 0 Å².